The van der Waals surface area contributed by atoms with Crippen molar-refractivity contribution in [3.8, 4) is 0 Å². The first kappa shape index (κ1) is 12.2. The highest BCUT2D eigenvalue weighted by atomic mass is 19.1. The van der Waals surface area contributed by atoms with Crippen LogP contribution in [0, 0.1) is 5.82 Å². The summed E-state index contributed by atoms with van der Waals surface area (Å²) in [4.78, 5) is 7.57. The molecule has 0 saturated carbocycles. The van der Waals surface area contributed by atoms with Gasteiger partial charge in [0.2, 0.25) is 5.95 Å². The molecule has 4 rings (SSSR count). The summed E-state index contributed by atoms with van der Waals surface area (Å²) in [6.45, 7) is 0. The number of hydrogen-bond acceptors (Lipinski definition) is 3. The fourth-order valence-electron chi connectivity index (χ4n) is 3.00. The van der Waals surface area contributed by atoms with Gasteiger partial charge < -0.3 is 16.0 Å². The highest BCUT2D eigenvalue weighted by Crippen LogP contribution is 2.34. The first-order valence-corrected chi connectivity index (χ1v) is 6.99. The van der Waals surface area contributed by atoms with Crippen LogP contribution in [-0.4, -0.2) is 9.97 Å². The Balaban J connectivity index is 1.64. The summed E-state index contributed by atoms with van der Waals surface area (Å²) in [5.41, 5.74) is 10.6. The fraction of sp³-hybridized carbons (Fsp3) is 0.188. The molecule has 0 aliphatic heterocycles. The zero-order chi connectivity index (χ0) is 14.4. The predicted molar refractivity (Wildman–Crippen MR) is 81.6 cm³/mol. The number of aryl methyl sites for hydroxylation is 1. The molecule has 0 amide bonds. The van der Waals surface area contributed by atoms with Crippen LogP contribution in [0.5, 0.6) is 0 Å². The molecule has 0 bridgehead atoms. The minimum absolute atomic E-state index is 0.214. The van der Waals surface area contributed by atoms with Crippen LogP contribution < -0.4 is 11.1 Å². The van der Waals surface area contributed by atoms with E-state index in [2.05, 4.69) is 21.4 Å². The van der Waals surface area contributed by atoms with Crippen LogP contribution in [0.1, 0.15) is 23.6 Å². The summed E-state index contributed by atoms with van der Waals surface area (Å²) >= 11 is 0. The zero-order valence-corrected chi connectivity index (χ0v) is 11.4. The van der Waals surface area contributed by atoms with E-state index < -0.39 is 0 Å². The van der Waals surface area contributed by atoms with Gasteiger partial charge in [0.1, 0.15) is 5.82 Å². The van der Waals surface area contributed by atoms with Crippen LogP contribution >= 0.6 is 0 Å². The van der Waals surface area contributed by atoms with Crippen molar-refractivity contribution in [2.24, 2.45) is 0 Å². The van der Waals surface area contributed by atoms with Gasteiger partial charge in [-0.1, -0.05) is 6.07 Å². The molecule has 0 fully saturated rings. The van der Waals surface area contributed by atoms with Crippen molar-refractivity contribution >= 4 is 22.7 Å². The van der Waals surface area contributed by atoms with Crippen molar-refractivity contribution in [1.29, 1.82) is 0 Å². The molecule has 0 saturated heterocycles. The molecule has 1 heterocycles. The Bertz CT molecular complexity index is 824. The maximum atomic E-state index is 13.2. The standard InChI is InChI=1S/C16H15FN4/c17-10-2-6-14-15(8-10)21-16(20-14)19-13-5-1-9-7-11(18)3-4-12(9)13/h2-4,6-8,13H,1,5,18H2,(H2,19,20,21). The molecule has 3 aromatic rings. The van der Waals surface area contributed by atoms with Gasteiger partial charge in [-0.05, 0) is 54.3 Å². The second-order valence-corrected chi connectivity index (χ2v) is 5.44. The maximum absolute atomic E-state index is 13.2. The van der Waals surface area contributed by atoms with Crippen LogP contribution in [0.3, 0.4) is 0 Å². The van der Waals surface area contributed by atoms with Crippen molar-refractivity contribution in [2.75, 3.05) is 11.1 Å². The van der Waals surface area contributed by atoms with E-state index in [0.717, 1.165) is 24.0 Å². The number of nitrogens with one attached hydrogen (secondary N) is 2. The first-order valence-electron chi connectivity index (χ1n) is 6.99. The molecule has 1 unspecified atom stereocenters. The first-order chi connectivity index (χ1) is 10.2. The van der Waals surface area contributed by atoms with Crippen molar-refractivity contribution in [2.45, 2.75) is 18.9 Å². The molecule has 4 nitrogen and oxygen atoms in total. The number of anilines is 2. The molecular weight excluding hydrogens is 267 g/mol. The Labute approximate surface area is 121 Å². The van der Waals surface area contributed by atoms with Gasteiger partial charge in [-0.2, -0.15) is 0 Å². The lowest BCUT2D eigenvalue weighted by atomic mass is 10.1. The summed E-state index contributed by atoms with van der Waals surface area (Å²) in [6.07, 6.45) is 2.01. The highest BCUT2D eigenvalue weighted by molar-refractivity contribution is 5.77. The number of hydrogen-bond donors (Lipinski definition) is 3. The van der Waals surface area contributed by atoms with Gasteiger partial charge in [-0.15, -0.1) is 0 Å². The molecule has 21 heavy (non-hydrogen) atoms. The number of nitrogens with two attached hydrogens (primary N) is 1. The lowest BCUT2D eigenvalue weighted by molar-refractivity contribution is 0.629. The van der Waals surface area contributed by atoms with Crippen LogP contribution in [-0.2, 0) is 6.42 Å². The number of rotatable bonds is 2. The highest BCUT2D eigenvalue weighted by Gasteiger charge is 2.23. The van der Waals surface area contributed by atoms with Crippen molar-refractivity contribution in [3.63, 3.8) is 0 Å². The third kappa shape index (κ3) is 2.11. The summed E-state index contributed by atoms with van der Waals surface area (Å²) in [5, 5.41) is 3.40. The second-order valence-electron chi connectivity index (χ2n) is 5.44. The molecule has 0 spiro atoms. The minimum atomic E-state index is -0.264. The number of H-pyrrole nitrogens is 1. The van der Waals surface area contributed by atoms with Gasteiger partial charge in [-0.3, -0.25) is 0 Å². The number of fused-ring (bicyclic) bond motifs is 2. The lowest BCUT2D eigenvalue weighted by Crippen LogP contribution is -2.08. The maximum Gasteiger partial charge on any atom is 0.201 e. The van der Waals surface area contributed by atoms with E-state index in [1.165, 1.54) is 23.3 Å². The van der Waals surface area contributed by atoms with E-state index in [0.29, 0.717) is 11.5 Å². The van der Waals surface area contributed by atoms with Crippen LogP contribution in [0.4, 0.5) is 16.0 Å². The van der Waals surface area contributed by atoms with E-state index in [-0.39, 0.29) is 11.9 Å². The Kier molecular flexibility index (Phi) is 2.60. The summed E-state index contributed by atoms with van der Waals surface area (Å²) < 4.78 is 13.2. The number of benzene rings is 2. The van der Waals surface area contributed by atoms with Crippen molar-refractivity contribution in [3.05, 3.63) is 53.3 Å². The third-order valence-corrected chi connectivity index (χ3v) is 4.00. The van der Waals surface area contributed by atoms with Crippen molar-refractivity contribution in [1.82, 2.24) is 9.97 Å². The number of nitrogens with zero attached hydrogens (tertiary/aromatic N) is 1. The van der Waals surface area contributed by atoms with E-state index in [4.69, 9.17) is 5.73 Å². The van der Waals surface area contributed by atoms with E-state index in [1.807, 2.05) is 12.1 Å². The molecule has 2 aromatic carbocycles. The largest absolute Gasteiger partial charge is 0.399 e. The Morgan fingerprint density at radius 1 is 1.24 bits per heavy atom. The Morgan fingerprint density at radius 2 is 2.14 bits per heavy atom. The zero-order valence-electron chi connectivity index (χ0n) is 11.4. The van der Waals surface area contributed by atoms with Gasteiger partial charge >= 0.3 is 0 Å². The normalized spacial score (nSPS) is 17.1. The molecule has 1 aliphatic rings. The number of halogens is 1. The molecule has 1 aliphatic carbocycles. The number of aromatic amines is 1. The number of nitrogen functional groups attached to an aromatic ring is 1. The summed E-state index contributed by atoms with van der Waals surface area (Å²) in [5.74, 6) is 0.407. The fourth-order valence-corrected chi connectivity index (χ4v) is 3.00. The molecule has 0 radical (unpaired) electrons. The van der Waals surface area contributed by atoms with Gasteiger partial charge in [0, 0.05) is 5.69 Å². The smallest absolute Gasteiger partial charge is 0.201 e. The predicted octanol–water partition coefficient (Wildman–Crippen LogP) is 3.38. The van der Waals surface area contributed by atoms with Crippen LogP contribution in [0.2, 0.25) is 0 Å². The summed E-state index contributed by atoms with van der Waals surface area (Å²) in [7, 11) is 0. The van der Waals surface area contributed by atoms with Crippen LogP contribution in [0.25, 0.3) is 11.0 Å². The third-order valence-electron chi connectivity index (χ3n) is 4.00. The van der Waals surface area contributed by atoms with E-state index in [9.17, 15) is 4.39 Å². The second kappa shape index (κ2) is 4.48. The Hall–Kier alpha value is -2.56. The SMILES string of the molecule is Nc1ccc2c(c1)CCC2Nc1nc2ccc(F)cc2[nH]1. The number of aromatic nitrogens is 2. The summed E-state index contributed by atoms with van der Waals surface area (Å²) in [6, 6.07) is 10.8. The van der Waals surface area contributed by atoms with E-state index in [1.54, 1.807) is 6.07 Å². The molecule has 5 heteroatoms. The molecular formula is C16H15FN4. The Morgan fingerprint density at radius 3 is 3.05 bits per heavy atom. The molecule has 106 valence electrons. The van der Waals surface area contributed by atoms with E-state index >= 15 is 0 Å². The van der Waals surface area contributed by atoms with Gasteiger partial charge in [0.15, 0.2) is 0 Å². The average molecular weight is 282 g/mol. The van der Waals surface area contributed by atoms with Crippen LogP contribution in [0.15, 0.2) is 36.4 Å². The molecule has 1 atom stereocenters. The van der Waals surface area contributed by atoms with Gasteiger partial charge in [0.05, 0.1) is 17.1 Å². The van der Waals surface area contributed by atoms with Gasteiger partial charge in [0.25, 0.3) is 0 Å². The average Bonchev–Trinajstić information content (AvgIpc) is 3.02. The molecule has 1 aromatic heterocycles. The monoisotopic (exact) mass is 282 g/mol. The van der Waals surface area contributed by atoms with Gasteiger partial charge in [-0.25, -0.2) is 9.37 Å². The minimum Gasteiger partial charge on any atom is -0.399 e. The lowest BCUT2D eigenvalue weighted by Gasteiger charge is -2.13. The number of imidazole rings is 1. The topological polar surface area (TPSA) is 66.7 Å². The molecule has 4 N–H and O–H groups in total. The van der Waals surface area contributed by atoms with Crippen molar-refractivity contribution < 1.29 is 4.39 Å². The quantitative estimate of drug-likeness (QED) is 0.631.